The Hall–Kier alpha value is -0.860. The Labute approximate surface area is 110 Å². The smallest absolute Gasteiger partial charge is 0.0771 e. The highest BCUT2D eigenvalue weighted by molar-refractivity contribution is 5.18. The fraction of sp³-hybridized carbons (Fsp3) is 0.625. The summed E-state index contributed by atoms with van der Waals surface area (Å²) < 4.78 is 0. The van der Waals surface area contributed by atoms with Gasteiger partial charge < -0.3 is 10.4 Å². The molecule has 0 radical (unpaired) electrons. The first-order valence-electron chi connectivity index (χ1n) is 7.18. The fourth-order valence-electron chi connectivity index (χ4n) is 2.81. The van der Waals surface area contributed by atoms with E-state index in [2.05, 4.69) is 36.5 Å². The molecule has 1 fully saturated rings. The van der Waals surface area contributed by atoms with E-state index in [1.54, 1.807) is 0 Å². The Kier molecular flexibility index (Phi) is 4.79. The molecular formula is C16H25NO. The van der Waals surface area contributed by atoms with Crippen molar-refractivity contribution in [3.63, 3.8) is 0 Å². The minimum absolute atomic E-state index is 0.450. The van der Waals surface area contributed by atoms with Gasteiger partial charge in [-0.25, -0.2) is 0 Å². The summed E-state index contributed by atoms with van der Waals surface area (Å²) >= 11 is 0. The SMILES string of the molecule is CC(CNCC1(O)CCCCC1)c1ccccc1. The van der Waals surface area contributed by atoms with Crippen LogP contribution in [-0.2, 0) is 0 Å². The number of hydrogen-bond donors (Lipinski definition) is 2. The molecule has 2 nitrogen and oxygen atoms in total. The minimum Gasteiger partial charge on any atom is -0.389 e. The second kappa shape index (κ2) is 6.35. The first-order valence-corrected chi connectivity index (χ1v) is 7.18. The maximum atomic E-state index is 10.4. The third-order valence-electron chi connectivity index (χ3n) is 4.06. The third kappa shape index (κ3) is 3.82. The molecule has 0 spiro atoms. The summed E-state index contributed by atoms with van der Waals surface area (Å²) in [7, 11) is 0. The monoisotopic (exact) mass is 247 g/mol. The van der Waals surface area contributed by atoms with Crippen LogP contribution in [-0.4, -0.2) is 23.8 Å². The van der Waals surface area contributed by atoms with Crippen LogP contribution in [0.3, 0.4) is 0 Å². The van der Waals surface area contributed by atoms with E-state index in [-0.39, 0.29) is 0 Å². The van der Waals surface area contributed by atoms with Gasteiger partial charge in [-0.15, -0.1) is 0 Å². The summed E-state index contributed by atoms with van der Waals surface area (Å²) in [6.45, 7) is 3.91. The van der Waals surface area contributed by atoms with Crippen LogP contribution >= 0.6 is 0 Å². The van der Waals surface area contributed by atoms with Crippen LogP contribution < -0.4 is 5.32 Å². The quantitative estimate of drug-likeness (QED) is 0.838. The van der Waals surface area contributed by atoms with Gasteiger partial charge in [-0.1, -0.05) is 56.5 Å². The third-order valence-corrected chi connectivity index (χ3v) is 4.06. The van der Waals surface area contributed by atoms with Crippen LogP contribution in [0, 0.1) is 0 Å². The fourth-order valence-corrected chi connectivity index (χ4v) is 2.81. The lowest BCUT2D eigenvalue weighted by Gasteiger charge is -2.32. The van der Waals surface area contributed by atoms with Gasteiger partial charge in [0.15, 0.2) is 0 Å². The van der Waals surface area contributed by atoms with E-state index in [0.29, 0.717) is 5.92 Å². The van der Waals surface area contributed by atoms with E-state index >= 15 is 0 Å². The van der Waals surface area contributed by atoms with Crippen molar-refractivity contribution in [3.8, 4) is 0 Å². The van der Waals surface area contributed by atoms with E-state index in [9.17, 15) is 5.11 Å². The number of aliphatic hydroxyl groups is 1. The minimum atomic E-state index is -0.450. The molecule has 1 atom stereocenters. The zero-order chi connectivity index (χ0) is 12.8. The normalized spacial score (nSPS) is 20.6. The van der Waals surface area contributed by atoms with Gasteiger partial charge in [-0.05, 0) is 24.3 Å². The number of hydrogen-bond acceptors (Lipinski definition) is 2. The van der Waals surface area contributed by atoms with Gasteiger partial charge in [0.05, 0.1) is 5.60 Å². The number of nitrogens with one attached hydrogen (secondary N) is 1. The van der Waals surface area contributed by atoms with Gasteiger partial charge in [0.1, 0.15) is 0 Å². The summed E-state index contributed by atoms with van der Waals surface area (Å²) in [6.07, 6.45) is 5.54. The van der Waals surface area contributed by atoms with E-state index in [0.717, 1.165) is 25.9 Å². The van der Waals surface area contributed by atoms with Crippen LogP contribution in [0.4, 0.5) is 0 Å². The molecule has 100 valence electrons. The molecular weight excluding hydrogens is 222 g/mol. The van der Waals surface area contributed by atoms with E-state index in [4.69, 9.17) is 0 Å². The molecule has 0 aromatic heterocycles. The highest BCUT2D eigenvalue weighted by atomic mass is 16.3. The van der Waals surface area contributed by atoms with Crippen LogP contribution in [0.1, 0.15) is 50.5 Å². The summed E-state index contributed by atoms with van der Waals surface area (Å²) in [5.74, 6) is 0.499. The van der Waals surface area contributed by atoms with Crippen LogP contribution in [0.2, 0.25) is 0 Å². The van der Waals surface area contributed by atoms with Gasteiger partial charge in [0.2, 0.25) is 0 Å². The zero-order valence-corrected chi connectivity index (χ0v) is 11.4. The Bertz CT molecular complexity index is 343. The summed E-state index contributed by atoms with van der Waals surface area (Å²) in [5.41, 5.74) is 0.912. The molecule has 1 aromatic carbocycles. The van der Waals surface area contributed by atoms with Gasteiger partial charge in [0.25, 0.3) is 0 Å². The largest absolute Gasteiger partial charge is 0.389 e. The first kappa shape index (κ1) is 13.6. The molecule has 2 N–H and O–H groups in total. The molecule has 2 rings (SSSR count). The lowest BCUT2D eigenvalue weighted by molar-refractivity contribution is 0.00489. The predicted molar refractivity (Wildman–Crippen MR) is 75.8 cm³/mol. The molecule has 2 heteroatoms. The Morgan fingerprint density at radius 3 is 2.50 bits per heavy atom. The van der Waals surface area contributed by atoms with Crippen molar-refractivity contribution in [2.45, 2.75) is 50.5 Å². The van der Waals surface area contributed by atoms with Gasteiger partial charge >= 0.3 is 0 Å². The summed E-state index contributed by atoms with van der Waals surface area (Å²) in [5, 5.41) is 13.8. The average Bonchev–Trinajstić information content (AvgIpc) is 2.40. The molecule has 1 aliphatic carbocycles. The van der Waals surface area contributed by atoms with Crippen LogP contribution in [0.15, 0.2) is 30.3 Å². The first-order chi connectivity index (χ1) is 8.70. The van der Waals surface area contributed by atoms with E-state index in [1.165, 1.54) is 24.8 Å². The van der Waals surface area contributed by atoms with Crippen LogP contribution in [0.5, 0.6) is 0 Å². The molecule has 1 aromatic rings. The van der Waals surface area contributed by atoms with E-state index in [1.807, 2.05) is 6.07 Å². The Morgan fingerprint density at radius 2 is 1.83 bits per heavy atom. The Morgan fingerprint density at radius 1 is 1.17 bits per heavy atom. The molecule has 0 heterocycles. The molecule has 1 saturated carbocycles. The maximum Gasteiger partial charge on any atom is 0.0771 e. The topological polar surface area (TPSA) is 32.3 Å². The predicted octanol–water partition coefficient (Wildman–Crippen LogP) is 3.07. The standard InChI is InChI=1S/C16H25NO/c1-14(15-8-4-2-5-9-15)12-17-13-16(18)10-6-3-7-11-16/h2,4-5,8-9,14,17-18H,3,6-7,10-13H2,1H3. The molecule has 1 unspecified atom stereocenters. The van der Waals surface area contributed by atoms with Crippen molar-refractivity contribution >= 4 is 0 Å². The second-order valence-corrected chi connectivity index (χ2v) is 5.73. The molecule has 18 heavy (non-hydrogen) atoms. The molecule has 0 bridgehead atoms. The number of benzene rings is 1. The number of rotatable bonds is 5. The highest BCUT2D eigenvalue weighted by Gasteiger charge is 2.28. The van der Waals surface area contributed by atoms with Gasteiger partial charge in [-0.3, -0.25) is 0 Å². The molecule has 0 amide bonds. The lowest BCUT2D eigenvalue weighted by Crippen LogP contribution is -2.43. The molecule has 0 saturated heterocycles. The zero-order valence-electron chi connectivity index (χ0n) is 11.4. The maximum absolute atomic E-state index is 10.4. The van der Waals surface area contributed by atoms with E-state index < -0.39 is 5.60 Å². The van der Waals surface area contributed by atoms with Crippen molar-refractivity contribution in [2.75, 3.05) is 13.1 Å². The summed E-state index contributed by atoms with van der Waals surface area (Å²) in [4.78, 5) is 0. The molecule has 0 aliphatic heterocycles. The van der Waals surface area contributed by atoms with Gasteiger partial charge in [-0.2, -0.15) is 0 Å². The van der Waals surface area contributed by atoms with Crippen molar-refractivity contribution in [3.05, 3.63) is 35.9 Å². The summed E-state index contributed by atoms with van der Waals surface area (Å²) in [6, 6.07) is 10.6. The highest BCUT2D eigenvalue weighted by Crippen LogP contribution is 2.27. The average molecular weight is 247 g/mol. The van der Waals surface area contributed by atoms with Crippen molar-refractivity contribution in [1.29, 1.82) is 0 Å². The van der Waals surface area contributed by atoms with Crippen molar-refractivity contribution < 1.29 is 5.11 Å². The van der Waals surface area contributed by atoms with Crippen LogP contribution in [0.25, 0.3) is 0 Å². The Balaban J connectivity index is 1.75. The van der Waals surface area contributed by atoms with Gasteiger partial charge in [0, 0.05) is 13.1 Å². The second-order valence-electron chi connectivity index (χ2n) is 5.73. The van der Waals surface area contributed by atoms with Crippen molar-refractivity contribution in [2.24, 2.45) is 0 Å². The molecule has 1 aliphatic rings. The lowest BCUT2D eigenvalue weighted by atomic mass is 9.85. The van der Waals surface area contributed by atoms with Crippen molar-refractivity contribution in [1.82, 2.24) is 5.32 Å².